The Morgan fingerprint density at radius 3 is 2.11 bits per heavy atom. The van der Waals surface area contributed by atoms with Gasteiger partial charge in [0.15, 0.2) is 0 Å². The SMILES string of the molecule is Cc1ccc2nc(-c3cccs3)cc(C(=O)N3CCN(C(c4ccccc4)c4ccccc4)CC3)c2c1. The van der Waals surface area contributed by atoms with Crippen LogP contribution in [0.15, 0.2) is 102 Å². The van der Waals surface area contributed by atoms with Gasteiger partial charge < -0.3 is 4.90 Å². The smallest absolute Gasteiger partial charge is 0.254 e. The first-order valence-electron chi connectivity index (χ1n) is 12.8. The summed E-state index contributed by atoms with van der Waals surface area (Å²) in [5.41, 5.74) is 6.17. The van der Waals surface area contributed by atoms with Crippen LogP contribution in [0.5, 0.6) is 0 Å². The zero-order chi connectivity index (χ0) is 25.2. The summed E-state index contributed by atoms with van der Waals surface area (Å²) >= 11 is 1.65. The molecule has 0 atom stereocenters. The van der Waals surface area contributed by atoms with Gasteiger partial charge in [0.2, 0.25) is 0 Å². The molecule has 1 fully saturated rings. The largest absolute Gasteiger partial charge is 0.336 e. The van der Waals surface area contributed by atoms with E-state index < -0.39 is 0 Å². The highest BCUT2D eigenvalue weighted by Crippen LogP contribution is 2.32. The number of benzene rings is 3. The number of carbonyl (C=O) groups excluding carboxylic acids is 1. The van der Waals surface area contributed by atoms with E-state index in [2.05, 4.69) is 90.7 Å². The molecule has 184 valence electrons. The first-order chi connectivity index (χ1) is 18.2. The molecule has 1 aliphatic heterocycles. The number of thiophene rings is 1. The number of aryl methyl sites for hydroxylation is 1. The molecular formula is C32H29N3OS. The highest BCUT2D eigenvalue weighted by Gasteiger charge is 2.29. The first kappa shape index (κ1) is 23.6. The fourth-order valence-corrected chi connectivity index (χ4v) is 5.99. The van der Waals surface area contributed by atoms with Crippen molar-refractivity contribution in [1.82, 2.24) is 14.8 Å². The van der Waals surface area contributed by atoms with Crippen molar-refractivity contribution < 1.29 is 4.79 Å². The number of aromatic nitrogens is 1. The van der Waals surface area contributed by atoms with E-state index >= 15 is 0 Å². The minimum atomic E-state index is 0.0893. The molecule has 0 aliphatic carbocycles. The monoisotopic (exact) mass is 503 g/mol. The van der Waals surface area contributed by atoms with Crippen molar-refractivity contribution in [2.24, 2.45) is 0 Å². The van der Waals surface area contributed by atoms with Crippen molar-refractivity contribution >= 4 is 28.1 Å². The van der Waals surface area contributed by atoms with Crippen molar-refractivity contribution in [1.29, 1.82) is 0 Å². The van der Waals surface area contributed by atoms with Crippen LogP contribution in [0.1, 0.15) is 33.1 Å². The number of carbonyl (C=O) groups is 1. The second kappa shape index (κ2) is 10.3. The molecule has 0 radical (unpaired) electrons. The molecule has 6 rings (SSSR count). The van der Waals surface area contributed by atoms with Gasteiger partial charge in [-0.15, -0.1) is 11.3 Å². The Labute approximate surface area is 221 Å². The summed E-state index contributed by atoms with van der Waals surface area (Å²) in [6.45, 7) is 5.09. The topological polar surface area (TPSA) is 36.4 Å². The van der Waals surface area contributed by atoms with Gasteiger partial charge in [-0.2, -0.15) is 0 Å². The lowest BCUT2D eigenvalue weighted by Crippen LogP contribution is -2.49. The van der Waals surface area contributed by atoms with Crippen LogP contribution in [0.25, 0.3) is 21.5 Å². The van der Waals surface area contributed by atoms with Gasteiger partial charge in [-0.1, -0.05) is 78.4 Å². The molecule has 37 heavy (non-hydrogen) atoms. The molecule has 0 bridgehead atoms. The maximum atomic E-state index is 13.9. The summed E-state index contributed by atoms with van der Waals surface area (Å²) in [4.78, 5) is 24.4. The third-order valence-electron chi connectivity index (χ3n) is 7.17. The lowest BCUT2D eigenvalue weighted by molar-refractivity contribution is 0.0599. The number of fused-ring (bicyclic) bond motifs is 1. The zero-order valence-electron chi connectivity index (χ0n) is 20.9. The Morgan fingerprint density at radius 1 is 0.811 bits per heavy atom. The molecule has 1 aliphatic rings. The van der Waals surface area contributed by atoms with E-state index in [1.807, 2.05) is 28.5 Å². The van der Waals surface area contributed by atoms with Gasteiger partial charge in [0.25, 0.3) is 5.91 Å². The van der Waals surface area contributed by atoms with E-state index in [-0.39, 0.29) is 11.9 Å². The summed E-state index contributed by atoms with van der Waals surface area (Å²) in [6.07, 6.45) is 0. The minimum Gasteiger partial charge on any atom is -0.336 e. The molecule has 5 aromatic rings. The summed E-state index contributed by atoms with van der Waals surface area (Å²) in [5, 5.41) is 2.98. The molecular weight excluding hydrogens is 474 g/mol. The normalized spacial score (nSPS) is 14.4. The molecule has 0 N–H and O–H groups in total. The van der Waals surface area contributed by atoms with E-state index in [1.54, 1.807) is 11.3 Å². The molecule has 3 heterocycles. The molecule has 0 saturated carbocycles. The molecule has 1 amide bonds. The number of hydrogen-bond acceptors (Lipinski definition) is 4. The Bertz CT molecular complexity index is 1470. The van der Waals surface area contributed by atoms with Crippen molar-refractivity contribution in [3.8, 4) is 10.6 Å². The summed E-state index contributed by atoms with van der Waals surface area (Å²) in [6, 6.07) is 33.8. The standard InChI is InChI=1S/C32H29N3OS/c1-23-14-15-28-26(21-23)27(22-29(33-28)30-13-8-20-37-30)32(36)35-18-16-34(17-19-35)31(24-9-4-2-5-10-24)25-11-6-3-7-12-25/h2-15,20-22,31H,16-19H2,1H3. The number of hydrogen-bond donors (Lipinski definition) is 0. The van der Waals surface area contributed by atoms with Crippen LogP contribution in [0.2, 0.25) is 0 Å². The van der Waals surface area contributed by atoms with Gasteiger partial charge in [-0.3, -0.25) is 9.69 Å². The summed E-state index contributed by atoms with van der Waals surface area (Å²) in [5.74, 6) is 0.0893. The third-order valence-corrected chi connectivity index (χ3v) is 8.06. The van der Waals surface area contributed by atoms with Crippen LogP contribution in [0.3, 0.4) is 0 Å². The van der Waals surface area contributed by atoms with E-state index in [0.29, 0.717) is 13.1 Å². The van der Waals surface area contributed by atoms with Crippen molar-refractivity contribution in [3.63, 3.8) is 0 Å². The zero-order valence-corrected chi connectivity index (χ0v) is 21.7. The van der Waals surface area contributed by atoms with E-state index in [4.69, 9.17) is 4.98 Å². The minimum absolute atomic E-state index is 0.0893. The third kappa shape index (κ3) is 4.80. The Morgan fingerprint density at radius 2 is 1.49 bits per heavy atom. The Balaban J connectivity index is 1.29. The molecule has 0 unspecified atom stereocenters. The van der Waals surface area contributed by atoms with Crippen LogP contribution in [-0.2, 0) is 0 Å². The van der Waals surface area contributed by atoms with E-state index in [9.17, 15) is 4.79 Å². The number of piperazine rings is 1. The van der Waals surface area contributed by atoms with Crippen molar-refractivity contribution in [2.75, 3.05) is 26.2 Å². The number of pyridine rings is 1. The molecule has 4 nitrogen and oxygen atoms in total. The Hall–Kier alpha value is -3.80. The lowest BCUT2D eigenvalue weighted by atomic mass is 9.96. The van der Waals surface area contributed by atoms with Gasteiger partial charge in [0, 0.05) is 31.6 Å². The van der Waals surface area contributed by atoms with Crippen molar-refractivity contribution in [3.05, 3.63) is 125 Å². The second-order valence-corrected chi connectivity index (χ2v) is 10.6. The van der Waals surface area contributed by atoms with E-state index in [1.165, 1.54) is 11.1 Å². The van der Waals surface area contributed by atoms with Gasteiger partial charge in [-0.05, 0) is 47.7 Å². The van der Waals surface area contributed by atoms with Gasteiger partial charge in [0.1, 0.15) is 0 Å². The van der Waals surface area contributed by atoms with Crippen molar-refractivity contribution in [2.45, 2.75) is 13.0 Å². The van der Waals surface area contributed by atoms with Crippen LogP contribution in [-0.4, -0.2) is 46.9 Å². The summed E-state index contributed by atoms with van der Waals surface area (Å²) < 4.78 is 0. The quantitative estimate of drug-likeness (QED) is 0.264. The number of rotatable bonds is 5. The number of nitrogens with zero attached hydrogens (tertiary/aromatic N) is 3. The molecule has 5 heteroatoms. The Kier molecular flexibility index (Phi) is 6.56. The second-order valence-electron chi connectivity index (χ2n) is 9.61. The first-order valence-corrected chi connectivity index (χ1v) is 13.6. The average Bonchev–Trinajstić information content (AvgIpc) is 3.49. The van der Waals surface area contributed by atoms with Gasteiger partial charge in [0.05, 0.1) is 27.7 Å². The molecule has 1 saturated heterocycles. The predicted octanol–water partition coefficient (Wildman–Crippen LogP) is 6.82. The maximum absolute atomic E-state index is 13.9. The van der Waals surface area contributed by atoms with Crippen LogP contribution in [0, 0.1) is 6.92 Å². The van der Waals surface area contributed by atoms with Crippen LogP contribution in [0.4, 0.5) is 0 Å². The highest BCUT2D eigenvalue weighted by molar-refractivity contribution is 7.13. The average molecular weight is 504 g/mol. The van der Waals surface area contributed by atoms with Crippen LogP contribution >= 0.6 is 11.3 Å². The van der Waals surface area contributed by atoms with Gasteiger partial charge >= 0.3 is 0 Å². The highest BCUT2D eigenvalue weighted by atomic mass is 32.1. The fraction of sp³-hybridized carbons (Fsp3) is 0.188. The molecule has 3 aromatic carbocycles. The number of amides is 1. The van der Waals surface area contributed by atoms with Gasteiger partial charge in [-0.25, -0.2) is 4.98 Å². The lowest BCUT2D eigenvalue weighted by Gasteiger charge is -2.40. The fourth-order valence-electron chi connectivity index (χ4n) is 5.31. The van der Waals surface area contributed by atoms with E-state index in [0.717, 1.165) is 45.7 Å². The summed E-state index contributed by atoms with van der Waals surface area (Å²) in [7, 11) is 0. The van der Waals surface area contributed by atoms with Crippen LogP contribution < -0.4 is 0 Å². The molecule has 2 aromatic heterocycles. The molecule has 0 spiro atoms. The predicted molar refractivity (Wildman–Crippen MR) is 152 cm³/mol. The maximum Gasteiger partial charge on any atom is 0.254 e.